The van der Waals surface area contributed by atoms with Crippen LogP contribution in [0.1, 0.15) is 44.5 Å². The Bertz CT molecular complexity index is 4750. The van der Waals surface area contributed by atoms with Gasteiger partial charge in [-0.2, -0.15) is 0 Å². The van der Waals surface area contributed by atoms with Gasteiger partial charge in [0.15, 0.2) is 0 Å². The fourth-order valence-corrected chi connectivity index (χ4v) is 14.6. The minimum Gasteiger partial charge on any atom is -0.457 e. The first kappa shape index (κ1) is 44.8. The smallest absolute Gasteiger partial charge is 0.132 e. The molecule has 14 aromatic rings. The first-order valence-corrected chi connectivity index (χ1v) is 27.8. The molecule has 0 N–H and O–H groups in total. The Morgan fingerprint density at radius 2 is 0.750 bits per heavy atom. The molecule has 1 spiro atoms. The molecular formula is C78H49NO. The lowest BCUT2D eigenvalue weighted by atomic mass is 9.63. The van der Waals surface area contributed by atoms with Gasteiger partial charge >= 0.3 is 0 Å². The molecule has 0 bridgehead atoms. The molecular weight excluding hydrogens is 967 g/mol. The second-order valence-corrected chi connectivity index (χ2v) is 21.8. The predicted octanol–water partition coefficient (Wildman–Crippen LogP) is 19.8. The fourth-order valence-electron chi connectivity index (χ4n) is 14.6. The van der Waals surface area contributed by atoms with Crippen molar-refractivity contribution in [3.05, 3.63) is 342 Å². The summed E-state index contributed by atoms with van der Waals surface area (Å²) in [4.78, 5) is 0. The average Bonchev–Trinajstić information content (AvgIpc) is 3.02. The fraction of sp³-hybridized carbons (Fsp3) is 0.0256. The Morgan fingerprint density at radius 3 is 1.43 bits per heavy atom. The summed E-state index contributed by atoms with van der Waals surface area (Å²) in [7, 11) is 0. The molecule has 1 aliphatic heterocycles. The van der Waals surface area contributed by atoms with E-state index < -0.39 is 10.8 Å². The standard InChI is InChI=1S/C78H49NO/c1-2-18-55-48-58(43-37-50(55)17-1)77(57-41-35-51(36-42-57)53-19-15-20-54(47-53)52-38-44-59(45-39-52)79-72-32-12-6-24-64(72)65-25-7-13-33-73(65)79)70-31-11-14-34-74(70)80-75-49-56(40-46-71(75)77)60-26-16-27-66-63-23-5-10-30-69(63)78(76(60)66)67-28-8-3-21-61(67)62-22-4-9-29-68(62)78/h1-49H. The van der Waals surface area contributed by atoms with E-state index in [1.807, 2.05) is 0 Å². The third kappa shape index (κ3) is 6.19. The van der Waals surface area contributed by atoms with E-state index >= 15 is 0 Å². The summed E-state index contributed by atoms with van der Waals surface area (Å²) in [6.45, 7) is 0. The van der Waals surface area contributed by atoms with Crippen molar-refractivity contribution in [1.82, 2.24) is 4.57 Å². The second-order valence-electron chi connectivity index (χ2n) is 21.8. The summed E-state index contributed by atoms with van der Waals surface area (Å²) in [5.74, 6) is 1.71. The highest BCUT2D eigenvalue weighted by Crippen LogP contribution is 2.65. The number of ether oxygens (including phenoxy) is 1. The van der Waals surface area contributed by atoms with E-state index in [-0.39, 0.29) is 0 Å². The zero-order valence-electron chi connectivity index (χ0n) is 43.6. The summed E-state index contributed by atoms with van der Waals surface area (Å²) < 4.78 is 9.63. The van der Waals surface area contributed by atoms with Crippen molar-refractivity contribution in [2.75, 3.05) is 0 Å². The first-order valence-electron chi connectivity index (χ1n) is 27.8. The van der Waals surface area contributed by atoms with Crippen LogP contribution < -0.4 is 4.74 Å². The van der Waals surface area contributed by atoms with Crippen LogP contribution in [0.3, 0.4) is 0 Å². The Labute approximate surface area is 464 Å². The highest BCUT2D eigenvalue weighted by atomic mass is 16.5. The third-order valence-electron chi connectivity index (χ3n) is 18.0. The van der Waals surface area contributed by atoms with E-state index in [1.54, 1.807) is 0 Å². The van der Waals surface area contributed by atoms with Gasteiger partial charge < -0.3 is 9.30 Å². The van der Waals surface area contributed by atoms with Gasteiger partial charge in [-0.3, -0.25) is 0 Å². The summed E-state index contributed by atoms with van der Waals surface area (Å²) >= 11 is 0. The van der Waals surface area contributed by atoms with Crippen molar-refractivity contribution in [1.29, 1.82) is 0 Å². The van der Waals surface area contributed by atoms with Gasteiger partial charge in [0.1, 0.15) is 11.5 Å². The molecule has 0 saturated carbocycles. The minimum atomic E-state index is -0.731. The normalized spacial score (nSPS) is 15.0. The van der Waals surface area contributed by atoms with Crippen LogP contribution in [0, 0.1) is 0 Å². The van der Waals surface area contributed by atoms with E-state index in [4.69, 9.17) is 4.74 Å². The lowest BCUT2D eigenvalue weighted by molar-refractivity contribution is 0.435. The quantitative estimate of drug-likeness (QED) is 0.162. The topological polar surface area (TPSA) is 14.2 Å². The Kier molecular flexibility index (Phi) is 9.58. The van der Waals surface area contributed by atoms with Crippen LogP contribution in [-0.4, -0.2) is 4.57 Å². The zero-order valence-corrected chi connectivity index (χ0v) is 43.6. The molecule has 0 radical (unpaired) electrons. The van der Waals surface area contributed by atoms with Crippen molar-refractivity contribution in [3.8, 4) is 72.8 Å². The summed E-state index contributed by atoms with van der Waals surface area (Å²) in [6, 6.07) is 110. The molecule has 17 rings (SSSR count). The molecule has 0 saturated heterocycles. The molecule has 2 aliphatic carbocycles. The van der Waals surface area contributed by atoms with Crippen LogP contribution in [0.25, 0.3) is 93.9 Å². The molecule has 0 fully saturated rings. The largest absolute Gasteiger partial charge is 0.457 e. The van der Waals surface area contributed by atoms with Crippen LogP contribution in [0.4, 0.5) is 0 Å². The van der Waals surface area contributed by atoms with E-state index in [0.717, 1.165) is 39.4 Å². The number of hydrogen-bond acceptors (Lipinski definition) is 1. The SMILES string of the molecule is c1cc(-c2ccc(-n3c4ccccc4c4ccccc43)cc2)cc(-c2ccc(C3(c4ccc5ccccc5c4)c4ccccc4Oc4cc(-c5cccc6c5C5(c7ccccc7-c7ccccc75)c5ccccc5-6)ccc43)cc2)c1. The lowest BCUT2D eigenvalue weighted by Gasteiger charge is -2.42. The molecule has 1 unspecified atom stereocenters. The van der Waals surface area contributed by atoms with Crippen LogP contribution in [0.2, 0.25) is 0 Å². The van der Waals surface area contributed by atoms with Gasteiger partial charge in [-0.05, 0) is 148 Å². The summed E-state index contributed by atoms with van der Waals surface area (Å²) in [5.41, 5.74) is 24.4. The predicted molar refractivity (Wildman–Crippen MR) is 329 cm³/mol. The van der Waals surface area contributed by atoms with Crippen molar-refractivity contribution in [2.24, 2.45) is 0 Å². The molecule has 3 aliphatic rings. The highest BCUT2D eigenvalue weighted by molar-refractivity contribution is 6.09. The maximum absolute atomic E-state index is 7.25. The van der Waals surface area contributed by atoms with Crippen LogP contribution in [0.5, 0.6) is 11.5 Å². The number of rotatable bonds is 6. The van der Waals surface area contributed by atoms with Gasteiger partial charge in [0.05, 0.1) is 21.9 Å². The lowest BCUT2D eigenvalue weighted by Crippen LogP contribution is -2.34. The van der Waals surface area contributed by atoms with Crippen LogP contribution in [0.15, 0.2) is 297 Å². The molecule has 1 aromatic heterocycles. The van der Waals surface area contributed by atoms with Crippen LogP contribution >= 0.6 is 0 Å². The van der Waals surface area contributed by atoms with Crippen molar-refractivity contribution < 1.29 is 4.74 Å². The molecule has 372 valence electrons. The molecule has 0 amide bonds. The molecule has 13 aromatic carbocycles. The van der Waals surface area contributed by atoms with E-state index in [2.05, 4.69) is 302 Å². The van der Waals surface area contributed by atoms with Gasteiger partial charge in [0.25, 0.3) is 0 Å². The number of aromatic nitrogens is 1. The molecule has 2 heterocycles. The molecule has 2 nitrogen and oxygen atoms in total. The zero-order chi connectivity index (χ0) is 52.5. The molecule has 1 atom stereocenters. The summed E-state index contributed by atoms with van der Waals surface area (Å²) in [6.07, 6.45) is 0. The maximum Gasteiger partial charge on any atom is 0.132 e. The molecule has 80 heavy (non-hydrogen) atoms. The van der Waals surface area contributed by atoms with Gasteiger partial charge in [-0.15, -0.1) is 0 Å². The Balaban J connectivity index is 0.809. The van der Waals surface area contributed by atoms with Crippen molar-refractivity contribution in [2.45, 2.75) is 10.8 Å². The summed E-state index contributed by atoms with van der Waals surface area (Å²) in [5, 5.41) is 4.94. The highest BCUT2D eigenvalue weighted by Gasteiger charge is 2.53. The third-order valence-corrected chi connectivity index (χ3v) is 18.0. The number of para-hydroxylation sites is 3. The molecule has 2 heteroatoms. The average molecular weight is 1020 g/mol. The monoisotopic (exact) mass is 1020 g/mol. The number of nitrogens with zero attached hydrogens (tertiary/aromatic N) is 1. The van der Waals surface area contributed by atoms with E-state index in [1.165, 1.54) is 110 Å². The Morgan fingerprint density at radius 1 is 0.263 bits per heavy atom. The van der Waals surface area contributed by atoms with E-state index in [0.29, 0.717) is 0 Å². The number of benzene rings is 13. The minimum absolute atomic E-state index is 0.492. The maximum atomic E-state index is 7.25. The number of hydrogen-bond donors (Lipinski definition) is 0. The first-order chi connectivity index (χ1) is 39.7. The van der Waals surface area contributed by atoms with Gasteiger partial charge in [0.2, 0.25) is 0 Å². The van der Waals surface area contributed by atoms with Gasteiger partial charge in [-0.1, -0.05) is 249 Å². The Hall–Kier alpha value is -10.3. The number of fused-ring (bicyclic) bond motifs is 16. The van der Waals surface area contributed by atoms with Gasteiger partial charge in [0, 0.05) is 27.6 Å². The van der Waals surface area contributed by atoms with Crippen LogP contribution in [-0.2, 0) is 10.8 Å². The van der Waals surface area contributed by atoms with Crippen molar-refractivity contribution >= 4 is 32.6 Å². The van der Waals surface area contributed by atoms with Crippen molar-refractivity contribution in [3.63, 3.8) is 0 Å². The van der Waals surface area contributed by atoms with Gasteiger partial charge in [-0.25, -0.2) is 0 Å². The van der Waals surface area contributed by atoms with E-state index in [9.17, 15) is 0 Å². The second kappa shape index (κ2) is 17.1.